The standard InChI is InChI=1S/C13H12F3N3O4/c14-12(15,16)13(18-7-1-2-10(18)11(20)23-13)17-8-3-5-9(6-4-8)19(21)22/h3-6,10,17H,1-2,7H2/t10-,13-/m1/s1. The molecular formula is C13H12F3N3O4. The molecule has 2 aliphatic heterocycles. The van der Waals surface area contributed by atoms with Crippen LogP contribution in [-0.2, 0) is 9.53 Å². The summed E-state index contributed by atoms with van der Waals surface area (Å²) in [6.07, 6.45) is -4.11. The molecule has 1 N–H and O–H groups in total. The molecule has 0 amide bonds. The van der Waals surface area contributed by atoms with Gasteiger partial charge in [0.25, 0.3) is 5.69 Å². The van der Waals surface area contributed by atoms with E-state index >= 15 is 0 Å². The number of benzene rings is 1. The number of fused-ring (bicyclic) bond motifs is 1. The lowest BCUT2D eigenvalue weighted by Crippen LogP contribution is -2.62. The first-order valence-electron chi connectivity index (χ1n) is 6.83. The van der Waals surface area contributed by atoms with Crippen LogP contribution in [0, 0.1) is 10.1 Å². The minimum Gasteiger partial charge on any atom is -0.414 e. The number of nitro groups is 1. The van der Waals surface area contributed by atoms with E-state index in [2.05, 4.69) is 10.1 Å². The third kappa shape index (κ3) is 2.38. The topological polar surface area (TPSA) is 84.7 Å². The number of anilines is 1. The van der Waals surface area contributed by atoms with Crippen molar-refractivity contribution in [3.8, 4) is 0 Å². The molecule has 0 unspecified atom stereocenters. The Morgan fingerprint density at radius 2 is 2.00 bits per heavy atom. The number of carbonyl (C=O) groups excluding carboxylic acids is 1. The highest BCUT2D eigenvalue weighted by molar-refractivity contribution is 5.79. The fourth-order valence-corrected chi connectivity index (χ4v) is 2.91. The van der Waals surface area contributed by atoms with Crippen LogP contribution in [0.1, 0.15) is 12.8 Å². The van der Waals surface area contributed by atoms with Crippen LogP contribution < -0.4 is 5.32 Å². The van der Waals surface area contributed by atoms with E-state index in [9.17, 15) is 28.1 Å². The molecule has 7 nitrogen and oxygen atoms in total. The average molecular weight is 331 g/mol. The van der Waals surface area contributed by atoms with E-state index in [1.165, 1.54) is 0 Å². The predicted octanol–water partition coefficient (Wildman–Crippen LogP) is 2.24. The van der Waals surface area contributed by atoms with Gasteiger partial charge in [-0.1, -0.05) is 0 Å². The highest BCUT2D eigenvalue weighted by atomic mass is 19.4. The Hall–Kier alpha value is -2.36. The van der Waals surface area contributed by atoms with Crippen LogP contribution in [0.2, 0.25) is 0 Å². The predicted molar refractivity (Wildman–Crippen MR) is 71.3 cm³/mol. The number of cyclic esters (lactones) is 1. The molecule has 10 heteroatoms. The van der Waals surface area contributed by atoms with Gasteiger partial charge in [-0.15, -0.1) is 0 Å². The number of esters is 1. The summed E-state index contributed by atoms with van der Waals surface area (Å²) in [7, 11) is 0. The van der Waals surface area contributed by atoms with Crippen LogP contribution in [0.3, 0.4) is 0 Å². The van der Waals surface area contributed by atoms with Crippen LogP contribution in [-0.4, -0.2) is 40.4 Å². The smallest absolute Gasteiger partial charge is 0.414 e. The Labute approximate surface area is 128 Å². The van der Waals surface area contributed by atoms with Gasteiger partial charge in [0.1, 0.15) is 6.04 Å². The summed E-state index contributed by atoms with van der Waals surface area (Å²) in [6, 6.07) is 3.50. The van der Waals surface area contributed by atoms with Crippen LogP contribution in [0.15, 0.2) is 24.3 Å². The SMILES string of the molecule is O=C1O[C@@](Nc2ccc([N+](=O)[O-])cc2)(C(F)(F)F)N2CCC[C@H]12. The number of hydrogen-bond donors (Lipinski definition) is 1. The van der Waals surface area contributed by atoms with E-state index in [0.717, 1.165) is 29.2 Å². The van der Waals surface area contributed by atoms with E-state index in [1.54, 1.807) is 0 Å². The molecule has 2 fully saturated rings. The number of hydrogen-bond acceptors (Lipinski definition) is 6. The van der Waals surface area contributed by atoms with E-state index in [0.29, 0.717) is 12.8 Å². The monoisotopic (exact) mass is 331 g/mol. The first kappa shape index (κ1) is 15.5. The van der Waals surface area contributed by atoms with Gasteiger partial charge in [0.05, 0.1) is 4.92 Å². The number of nitro benzene ring substituents is 1. The highest BCUT2D eigenvalue weighted by Gasteiger charge is 2.70. The average Bonchev–Trinajstić information content (AvgIpc) is 3.03. The third-order valence-electron chi connectivity index (χ3n) is 3.95. The molecule has 1 aromatic rings. The van der Waals surface area contributed by atoms with E-state index in [1.807, 2.05) is 0 Å². The normalized spacial score (nSPS) is 27.6. The number of ether oxygens (including phenoxy) is 1. The molecule has 0 bridgehead atoms. The molecule has 0 aliphatic carbocycles. The Morgan fingerprint density at radius 3 is 2.57 bits per heavy atom. The largest absolute Gasteiger partial charge is 0.465 e. The van der Waals surface area contributed by atoms with E-state index in [4.69, 9.17) is 0 Å². The zero-order chi connectivity index (χ0) is 16.8. The number of nitrogens with one attached hydrogen (secondary N) is 1. The van der Waals surface area contributed by atoms with Gasteiger partial charge < -0.3 is 10.1 Å². The number of halogens is 3. The first-order chi connectivity index (χ1) is 10.7. The Morgan fingerprint density at radius 1 is 1.35 bits per heavy atom. The second kappa shape index (κ2) is 5.08. The van der Waals surface area contributed by atoms with Crippen LogP contribution in [0.4, 0.5) is 24.5 Å². The molecule has 1 aromatic carbocycles. The van der Waals surface area contributed by atoms with Crippen molar-refractivity contribution in [2.75, 3.05) is 11.9 Å². The minimum absolute atomic E-state index is 0.0340. The van der Waals surface area contributed by atoms with Gasteiger partial charge in [-0.25, -0.2) is 4.90 Å². The summed E-state index contributed by atoms with van der Waals surface area (Å²) in [5.41, 5.74) is -0.285. The molecule has 3 rings (SSSR count). The molecular weight excluding hydrogens is 319 g/mol. The lowest BCUT2D eigenvalue weighted by Gasteiger charge is -2.37. The van der Waals surface area contributed by atoms with Crippen molar-refractivity contribution in [3.05, 3.63) is 34.4 Å². The fourth-order valence-electron chi connectivity index (χ4n) is 2.91. The second-order valence-electron chi connectivity index (χ2n) is 5.34. The molecule has 0 saturated carbocycles. The van der Waals surface area contributed by atoms with Crippen LogP contribution in [0.5, 0.6) is 0 Å². The van der Waals surface area contributed by atoms with Crippen molar-refractivity contribution < 1.29 is 27.6 Å². The molecule has 23 heavy (non-hydrogen) atoms. The Kier molecular flexibility index (Phi) is 3.43. The number of alkyl halides is 3. The van der Waals surface area contributed by atoms with Crippen molar-refractivity contribution in [3.63, 3.8) is 0 Å². The van der Waals surface area contributed by atoms with Crippen molar-refractivity contribution in [1.82, 2.24) is 4.90 Å². The van der Waals surface area contributed by atoms with Crippen LogP contribution in [0.25, 0.3) is 0 Å². The summed E-state index contributed by atoms with van der Waals surface area (Å²) < 4.78 is 45.6. The summed E-state index contributed by atoms with van der Waals surface area (Å²) in [5, 5.41) is 12.8. The fraction of sp³-hybridized carbons (Fsp3) is 0.462. The Bertz CT molecular complexity index is 649. The van der Waals surface area contributed by atoms with Gasteiger partial charge in [0, 0.05) is 24.4 Å². The lowest BCUT2D eigenvalue weighted by atomic mass is 10.2. The first-order valence-corrected chi connectivity index (χ1v) is 6.83. The molecule has 0 aromatic heterocycles. The van der Waals surface area contributed by atoms with Crippen LogP contribution >= 0.6 is 0 Å². The van der Waals surface area contributed by atoms with Crippen molar-refractivity contribution in [2.24, 2.45) is 0 Å². The van der Waals surface area contributed by atoms with Gasteiger partial charge in [-0.3, -0.25) is 14.9 Å². The van der Waals surface area contributed by atoms with E-state index < -0.39 is 29.0 Å². The van der Waals surface area contributed by atoms with Crippen molar-refractivity contribution >= 4 is 17.3 Å². The van der Waals surface area contributed by atoms with Gasteiger partial charge in [-0.05, 0) is 25.0 Å². The molecule has 0 spiro atoms. The molecule has 2 saturated heterocycles. The van der Waals surface area contributed by atoms with Crippen molar-refractivity contribution in [1.29, 1.82) is 0 Å². The number of rotatable bonds is 3. The number of carbonyl (C=O) groups is 1. The molecule has 2 heterocycles. The number of non-ortho nitro benzene ring substituents is 1. The van der Waals surface area contributed by atoms with Gasteiger partial charge >= 0.3 is 18.0 Å². The summed E-state index contributed by atoms with van der Waals surface area (Å²) in [5.74, 6) is -3.87. The molecule has 0 radical (unpaired) electrons. The second-order valence-corrected chi connectivity index (χ2v) is 5.34. The zero-order valence-electron chi connectivity index (χ0n) is 11.7. The van der Waals surface area contributed by atoms with Gasteiger partial charge in [0.2, 0.25) is 0 Å². The third-order valence-corrected chi connectivity index (χ3v) is 3.95. The van der Waals surface area contributed by atoms with Gasteiger partial charge in [-0.2, -0.15) is 13.2 Å². The molecule has 124 valence electrons. The van der Waals surface area contributed by atoms with Gasteiger partial charge in [0.15, 0.2) is 0 Å². The molecule has 2 aliphatic rings. The maximum atomic E-state index is 13.6. The lowest BCUT2D eigenvalue weighted by molar-refractivity contribution is -0.384. The number of nitrogens with zero attached hydrogens (tertiary/aromatic N) is 2. The quantitative estimate of drug-likeness (QED) is 0.519. The minimum atomic E-state index is -4.87. The summed E-state index contributed by atoms with van der Waals surface area (Å²) in [4.78, 5) is 22.7. The highest BCUT2D eigenvalue weighted by Crippen LogP contribution is 2.46. The van der Waals surface area contributed by atoms with E-state index in [-0.39, 0.29) is 17.9 Å². The Balaban J connectivity index is 1.95. The maximum absolute atomic E-state index is 13.6. The van der Waals surface area contributed by atoms with Crippen molar-refractivity contribution in [2.45, 2.75) is 30.9 Å². The summed E-state index contributed by atoms with van der Waals surface area (Å²) >= 11 is 0. The summed E-state index contributed by atoms with van der Waals surface area (Å²) in [6.45, 7) is 0.0654. The maximum Gasteiger partial charge on any atom is 0.465 e. The molecule has 2 atom stereocenters. The zero-order valence-corrected chi connectivity index (χ0v) is 11.7.